The molecule has 2 rings (SSSR count). The van der Waals surface area contributed by atoms with Gasteiger partial charge in [0, 0.05) is 45.0 Å². The first-order valence-corrected chi connectivity index (χ1v) is 8.61. The molecule has 0 bridgehead atoms. The summed E-state index contributed by atoms with van der Waals surface area (Å²) < 4.78 is 2.20. The molecule has 0 aliphatic heterocycles. The number of nitrogens with zero attached hydrogens (tertiary/aromatic N) is 3. The molecule has 1 atom stereocenters. The lowest BCUT2D eigenvalue weighted by Crippen LogP contribution is -2.44. The molecular formula is C19H30IN5. The first-order chi connectivity index (χ1) is 11.6. The van der Waals surface area contributed by atoms with Gasteiger partial charge in [-0.1, -0.05) is 44.2 Å². The molecule has 1 aromatic carbocycles. The molecule has 0 spiro atoms. The van der Waals surface area contributed by atoms with Crippen LogP contribution in [0.15, 0.2) is 47.7 Å². The van der Waals surface area contributed by atoms with Gasteiger partial charge in [0.2, 0.25) is 0 Å². The Balaban J connectivity index is 0.00000312. The van der Waals surface area contributed by atoms with Gasteiger partial charge in [-0.2, -0.15) is 0 Å². The number of aliphatic imine (C=N–C) groups is 1. The van der Waals surface area contributed by atoms with E-state index in [2.05, 4.69) is 70.2 Å². The predicted octanol–water partition coefficient (Wildman–Crippen LogP) is 3.30. The van der Waals surface area contributed by atoms with E-state index in [1.807, 2.05) is 18.5 Å². The smallest absolute Gasteiger partial charge is 0.191 e. The minimum absolute atomic E-state index is 0. The fourth-order valence-corrected chi connectivity index (χ4v) is 2.36. The Kier molecular flexibility index (Phi) is 9.55. The highest BCUT2D eigenvalue weighted by molar-refractivity contribution is 14.0. The van der Waals surface area contributed by atoms with Crippen molar-refractivity contribution in [3.63, 3.8) is 0 Å². The summed E-state index contributed by atoms with van der Waals surface area (Å²) >= 11 is 0. The van der Waals surface area contributed by atoms with Crippen LogP contribution in [0.2, 0.25) is 0 Å². The van der Waals surface area contributed by atoms with Gasteiger partial charge in [-0.05, 0) is 18.4 Å². The molecule has 6 heteroatoms. The molecule has 25 heavy (non-hydrogen) atoms. The van der Waals surface area contributed by atoms with Crippen molar-refractivity contribution in [3.8, 4) is 0 Å². The summed E-state index contributed by atoms with van der Waals surface area (Å²) in [5, 5.41) is 6.78. The van der Waals surface area contributed by atoms with Crippen molar-refractivity contribution in [2.45, 2.75) is 39.8 Å². The topological polar surface area (TPSA) is 54.2 Å². The second-order valence-electron chi connectivity index (χ2n) is 6.38. The maximum absolute atomic E-state index is 4.49. The molecule has 2 aromatic rings. The van der Waals surface area contributed by atoms with Gasteiger partial charge in [0.15, 0.2) is 5.96 Å². The van der Waals surface area contributed by atoms with E-state index in [0.29, 0.717) is 12.0 Å². The van der Waals surface area contributed by atoms with Crippen molar-refractivity contribution < 1.29 is 0 Å². The first kappa shape index (κ1) is 21.5. The van der Waals surface area contributed by atoms with Gasteiger partial charge in [0.25, 0.3) is 0 Å². The molecule has 2 N–H and O–H groups in total. The van der Waals surface area contributed by atoms with Gasteiger partial charge >= 0.3 is 0 Å². The molecule has 1 heterocycles. The number of hydrogen-bond acceptors (Lipinski definition) is 2. The molecule has 0 aliphatic carbocycles. The van der Waals surface area contributed by atoms with Crippen LogP contribution in [0.4, 0.5) is 0 Å². The summed E-state index contributed by atoms with van der Waals surface area (Å²) in [5.74, 6) is 2.49. The number of nitrogens with one attached hydrogen (secondary N) is 2. The van der Waals surface area contributed by atoms with E-state index in [1.54, 1.807) is 7.05 Å². The zero-order valence-electron chi connectivity index (χ0n) is 15.6. The van der Waals surface area contributed by atoms with Gasteiger partial charge in [-0.25, -0.2) is 4.98 Å². The highest BCUT2D eigenvalue weighted by Gasteiger charge is 2.09. The summed E-state index contributed by atoms with van der Waals surface area (Å²) in [6.45, 7) is 8.23. The minimum Gasteiger partial charge on any atom is -0.356 e. The molecule has 0 amide bonds. The van der Waals surface area contributed by atoms with Gasteiger partial charge < -0.3 is 15.2 Å². The largest absolute Gasteiger partial charge is 0.356 e. The zero-order chi connectivity index (χ0) is 17.4. The van der Waals surface area contributed by atoms with E-state index >= 15 is 0 Å². The molecule has 0 saturated carbocycles. The Morgan fingerprint density at radius 1 is 1.20 bits per heavy atom. The van der Waals surface area contributed by atoms with Gasteiger partial charge in [-0.3, -0.25) is 4.99 Å². The fourth-order valence-electron chi connectivity index (χ4n) is 2.36. The van der Waals surface area contributed by atoms with Crippen molar-refractivity contribution in [2.75, 3.05) is 13.6 Å². The lowest BCUT2D eigenvalue weighted by Gasteiger charge is -2.20. The second-order valence-corrected chi connectivity index (χ2v) is 6.38. The van der Waals surface area contributed by atoms with E-state index in [4.69, 9.17) is 0 Å². The van der Waals surface area contributed by atoms with Crippen molar-refractivity contribution in [1.82, 2.24) is 20.2 Å². The lowest BCUT2D eigenvalue weighted by molar-refractivity contribution is 0.481. The first-order valence-electron chi connectivity index (χ1n) is 8.61. The Bertz CT molecular complexity index is 636. The normalized spacial score (nSPS) is 12.6. The number of guanidine groups is 1. The fraction of sp³-hybridized carbons (Fsp3) is 0.474. The minimum atomic E-state index is 0. The van der Waals surface area contributed by atoms with E-state index in [0.717, 1.165) is 31.3 Å². The molecule has 0 fully saturated rings. The Hall–Kier alpha value is -1.57. The van der Waals surface area contributed by atoms with Crippen molar-refractivity contribution >= 4 is 29.9 Å². The average Bonchev–Trinajstić information content (AvgIpc) is 3.01. The van der Waals surface area contributed by atoms with Crippen LogP contribution in [0.25, 0.3) is 0 Å². The van der Waals surface area contributed by atoms with Crippen LogP contribution < -0.4 is 10.6 Å². The Morgan fingerprint density at radius 3 is 2.56 bits per heavy atom. The molecule has 0 aliphatic rings. The summed E-state index contributed by atoms with van der Waals surface area (Å²) in [4.78, 5) is 8.77. The summed E-state index contributed by atoms with van der Waals surface area (Å²) in [5.41, 5.74) is 1.29. The summed E-state index contributed by atoms with van der Waals surface area (Å²) in [6.07, 6.45) is 4.76. The van der Waals surface area contributed by atoms with Crippen molar-refractivity contribution in [3.05, 3.63) is 54.1 Å². The highest BCUT2D eigenvalue weighted by atomic mass is 127. The van der Waals surface area contributed by atoms with E-state index in [-0.39, 0.29) is 24.0 Å². The molecule has 1 unspecified atom stereocenters. The summed E-state index contributed by atoms with van der Waals surface area (Å²) in [6, 6.07) is 10.8. The van der Waals surface area contributed by atoms with Crippen LogP contribution in [0, 0.1) is 5.92 Å². The van der Waals surface area contributed by atoms with Crippen LogP contribution in [0.3, 0.4) is 0 Å². The molecule has 0 radical (unpaired) electrons. The molecular weight excluding hydrogens is 425 g/mol. The van der Waals surface area contributed by atoms with Gasteiger partial charge in [0.1, 0.15) is 5.82 Å². The molecule has 5 nitrogen and oxygen atoms in total. The SMILES string of the molecule is CN=C(NCCc1nccn1Cc1ccccc1)NC(C)C(C)C.I. The van der Waals surface area contributed by atoms with E-state index in [9.17, 15) is 0 Å². The van der Waals surface area contributed by atoms with Crippen molar-refractivity contribution in [2.24, 2.45) is 10.9 Å². The molecule has 0 saturated heterocycles. The maximum Gasteiger partial charge on any atom is 0.191 e. The van der Waals surface area contributed by atoms with Gasteiger partial charge in [0.05, 0.1) is 0 Å². The van der Waals surface area contributed by atoms with Crippen LogP contribution in [-0.4, -0.2) is 35.1 Å². The van der Waals surface area contributed by atoms with Gasteiger partial charge in [-0.15, -0.1) is 24.0 Å². The number of rotatable bonds is 7. The van der Waals surface area contributed by atoms with E-state index < -0.39 is 0 Å². The number of benzene rings is 1. The van der Waals surface area contributed by atoms with Crippen LogP contribution in [0.1, 0.15) is 32.2 Å². The third-order valence-corrected chi connectivity index (χ3v) is 4.23. The van der Waals surface area contributed by atoms with Crippen LogP contribution in [-0.2, 0) is 13.0 Å². The second kappa shape index (κ2) is 11.1. The third-order valence-electron chi connectivity index (χ3n) is 4.23. The van der Waals surface area contributed by atoms with E-state index in [1.165, 1.54) is 5.56 Å². The number of imidazole rings is 1. The standard InChI is InChI=1S/C19H29N5.HI/c1-15(2)16(3)23-19(20-4)22-11-10-18-21-12-13-24(18)14-17-8-6-5-7-9-17;/h5-9,12-13,15-16H,10-11,14H2,1-4H3,(H2,20,22,23);1H. The lowest BCUT2D eigenvalue weighted by atomic mass is 10.1. The zero-order valence-corrected chi connectivity index (χ0v) is 17.9. The predicted molar refractivity (Wildman–Crippen MR) is 116 cm³/mol. The number of aromatic nitrogens is 2. The quantitative estimate of drug-likeness (QED) is 0.383. The molecule has 1 aromatic heterocycles. The average molecular weight is 455 g/mol. The Morgan fingerprint density at radius 2 is 1.92 bits per heavy atom. The van der Waals surface area contributed by atoms with Crippen LogP contribution in [0.5, 0.6) is 0 Å². The maximum atomic E-state index is 4.49. The van der Waals surface area contributed by atoms with Crippen molar-refractivity contribution in [1.29, 1.82) is 0 Å². The number of hydrogen-bond donors (Lipinski definition) is 2. The highest BCUT2D eigenvalue weighted by Crippen LogP contribution is 2.06. The summed E-state index contributed by atoms with van der Waals surface area (Å²) in [7, 11) is 1.80. The van der Waals surface area contributed by atoms with Crippen LogP contribution >= 0.6 is 24.0 Å². The third kappa shape index (κ3) is 7.05. The number of halogens is 1. The Labute approximate surface area is 168 Å². The molecule has 138 valence electrons. The monoisotopic (exact) mass is 455 g/mol.